The Morgan fingerprint density at radius 3 is 2.90 bits per heavy atom. The van der Waals surface area contributed by atoms with Crippen molar-refractivity contribution in [2.24, 2.45) is 5.92 Å². The largest absolute Gasteiger partial charge is 0.374 e. The van der Waals surface area contributed by atoms with Crippen LogP contribution in [0.1, 0.15) is 36.9 Å². The fourth-order valence-electron chi connectivity index (χ4n) is 4.24. The van der Waals surface area contributed by atoms with Crippen molar-refractivity contribution in [1.82, 2.24) is 10.2 Å². The van der Waals surface area contributed by atoms with Gasteiger partial charge in [-0.1, -0.05) is 19.1 Å². The first-order chi connectivity index (χ1) is 10.2. The van der Waals surface area contributed by atoms with Crippen LogP contribution in [-0.2, 0) is 6.42 Å². The number of anilines is 1. The minimum Gasteiger partial charge on any atom is -0.374 e. The maximum atomic E-state index is 3.41. The molecule has 1 N–H and O–H groups in total. The first kappa shape index (κ1) is 14.9. The van der Waals surface area contributed by atoms with Gasteiger partial charge in [-0.2, -0.15) is 0 Å². The normalized spacial score (nSPS) is 26.1. The van der Waals surface area contributed by atoms with Gasteiger partial charge in [-0.05, 0) is 69.1 Å². The van der Waals surface area contributed by atoms with Crippen LogP contribution in [0.4, 0.5) is 5.69 Å². The van der Waals surface area contributed by atoms with E-state index < -0.39 is 0 Å². The summed E-state index contributed by atoms with van der Waals surface area (Å²) in [5.74, 6) is 0.737. The molecule has 0 radical (unpaired) electrons. The van der Waals surface area contributed by atoms with Gasteiger partial charge in [-0.15, -0.1) is 0 Å². The van der Waals surface area contributed by atoms with Gasteiger partial charge in [0.1, 0.15) is 0 Å². The lowest BCUT2D eigenvalue weighted by molar-refractivity contribution is 0.0982. The average Bonchev–Trinajstić information content (AvgIpc) is 2.88. The van der Waals surface area contributed by atoms with Crippen molar-refractivity contribution in [3.05, 3.63) is 29.3 Å². The molecule has 1 saturated heterocycles. The summed E-state index contributed by atoms with van der Waals surface area (Å²) in [5.41, 5.74) is 4.51. The Kier molecular flexibility index (Phi) is 4.51. The number of rotatable bonds is 4. The summed E-state index contributed by atoms with van der Waals surface area (Å²) < 4.78 is 0. The molecule has 1 fully saturated rings. The van der Waals surface area contributed by atoms with Crippen molar-refractivity contribution in [2.75, 3.05) is 45.2 Å². The van der Waals surface area contributed by atoms with E-state index in [1.54, 1.807) is 5.56 Å². The van der Waals surface area contributed by atoms with Gasteiger partial charge in [-0.25, -0.2) is 0 Å². The van der Waals surface area contributed by atoms with E-state index >= 15 is 0 Å². The van der Waals surface area contributed by atoms with Crippen molar-refractivity contribution in [3.63, 3.8) is 0 Å². The maximum Gasteiger partial charge on any atom is 0.0397 e. The van der Waals surface area contributed by atoms with E-state index in [0.717, 1.165) is 19.0 Å². The summed E-state index contributed by atoms with van der Waals surface area (Å²) in [6.45, 7) is 7.00. The molecule has 3 heteroatoms. The van der Waals surface area contributed by atoms with E-state index in [2.05, 4.69) is 54.3 Å². The van der Waals surface area contributed by atoms with Crippen LogP contribution >= 0.6 is 0 Å². The molecule has 0 aromatic heterocycles. The lowest BCUT2D eigenvalue weighted by atomic mass is 9.84. The van der Waals surface area contributed by atoms with E-state index in [1.165, 1.54) is 43.6 Å². The number of nitrogens with one attached hydrogen (secondary N) is 1. The van der Waals surface area contributed by atoms with Gasteiger partial charge in [0.15, 0.2) is 0 Å². The molecule has 2 atom stereocenters. The molecule has 1 aromatic carbocycles. The Balaban J connectivity index is 1.91. The van der Waals surface area contributed by atoms with Gasteiger partial charge >= 0.3 is 0 Å². The van der Waals surface area contributed by atoms with Crippen LogP contribution in [0.5, 0.6) is 0 Å². The van der Waals surface area contributed by atoms with Crippen LogP contribution < -0.4 is 10.2 Å². The van der Waals surface area contributed by atoms with Gasteiger partial charge < -0.3 is 10.2 Å². The second-order valence-electron chi connectivity index (χ2n) is 6.59. The van der Waals surface area contributed by atoms with Crippen LogP contribution in [0.3, 0.4) is 0 Å². The minimum absolute atomic E-state index is 0.590. The molecule has 2 unspecified atom stereocenters. The molecule has 2 aliphatic heterocycles. The summed E-state index contributed by atoms with van der Waals surface area (Å²) >= 11 is 0. The molecule has 21 heavy (non-hydrogen) atoms. The third-order valence-corrected chi connectivity index (χ3v) is 5.31. The first-order valence-electron chi connectivity index (χ1n) is 8.47. The Morgan fingerprint density at radius 2 is 2.14 bits per heavy atom. The van der Waals surface area contributed by atoms with Crippen molar-refractivity contribution in [3.8, 4) is 0 Å². The van der Waals surface area contributed by atoms with Crippen molar-refractivity contribution >= 4 is 5.69 Å². The Bertz CT molecular complexity index is 483. The molecular weight excluding hydrogens is 258 g/mol. The topological polar surface area (TPSA) is 18.5 Å². The highest BCUT2D eigenvalue weighted by Gasteiger charge is 2.32. The van der Waals surface area contributed by atoms with Crippen molar-refractivity contribution in [2.45, 2.75) is 32.2 Å². The highest BCUT2D eigenvalue weighted by molar-refractivity contribution is 5.58. The predicted octanol–water partition coefficient (Wildman–Crippen LogP) is 2.67. The summed E-state index contributed by atoms with van der Waals surface area (Å²) in [6, 6.07) is 7.80. The van der Waals surface area contributed by atoms with Gasteiger partial charge in [-0.3, -0.25) is 4.90 Å². The number of piperidine rings is 1. The van der Waals surface area contributed by atoms with E-state index in [1.807, 2.05) is 0 Å². The fraction of sp³-hybridized carbons (Fsp3) is 0.667. The molecular formula is C18H29N3. The van der Waals surface area contributed by atoms with Crippen molar-refractivity contribution < 1.29 is 0 Å². The molecule has 0 spiro atoms. The number of hydrogen-bond donors (Lipinski definition) is 1. The number of fused-ring (bicyclic) bond motifs is 1. The third kappa shape index (κ3) is 2.82. The molecule has 1 aromatic rings. The summed E-state index contributed by atoms with van der Waals surface area (Å²) in [5, 5.41) is 3.41. The third-order valence-electron chi connectivity index (χ3n) is 5.31. The van der Waals surface area contributed by atoms with Crippen LogP contribution in [0.25, 0.3) is 0 Å². The summed E-state index contributed by atoms with van der Waals surface area (Å²) in [4.78, 5) is 5.05. The second-order valence-corrected chi connectivity index (χ2v) is 6.59. The monoisotopic (exact) mass is 287 g/mol. The SMILES string of the molecule is CCN1CCCC(CNC)C1c1ccc2c(c1)CCN2C. The molecule has 0 aliphatic carbocycles. The lowest BCUT2D eigenvalue weighted by Crippen LogP contribution is -2.42. The maximum absolute atomic E-state index is 3.41. The van der Waals surface area contributed by atoms with Gasteiger partial charge in [0.2, 0.25) is 0 Å². The lowest BCUT2D eigenvalue weighted by Gasteiger charge is -2.41. The second kappa shape index (κ2) is 6.37. The predicted molar refractivity (Wildman–Crippen MR) is 90.1 cm³/mol. The average molecular weight is 287 g/mol. The fourth-order valence-corrected chi connectivity index (χ4v) is 4.24. The Hall–Kier alpha value is -1.06. The molecule has 116 valence electrons. The molecule has 3 rings (SSSR count). The molecule has 2 aliphatic rings. The zero-order valence-corrected chi connectivity index (χ0v) is 13.7. The van der Waals surface area contributed by atoms with E-state index in [9.17, 15) is 0 Å². The van der Waals surface area contributed by atoms with E-state index in [4.69, 9.17) is 0 Å². The van der Waals surface area contributed by atoms with Crippen LogP contribution in [-0.4, -0.2) is 45.2 Å². The Morgan fingerprint density at radius 1 is 1.29 bits per heavy atom. The number of likely N-dealkylation sites (N-methyl/N-ethyl adjacent to an activating group) is 1. The highest BCUT2D eigenvalue weighted by atomic mass is 15.2. The van der Waals surface area contributed by atoms with E-state index in [-0.39, 0.29) is 0 Å². The Labute approximate surface area is 129 Å². The molecule has 3 nitrogen and oxygen atoms in total. The van der Waals surface area contributed by atoms with E-state index in [0.29, 0.717) is 6.04 Å². The zero-order valence-electron chi connectivity index (χ0n) is 13.7. The molecule has 0 saturated carbocycles. The molecule has 2 heterocycles. The number of likely N-dealkylation sites (tertiary alicyclic amines) is 1. The van der Waals surface area contributed by atoms with Crippen LogP contribution in [0.15, 0.2) is 18.2 Å². The summed E-state index contributed by atoms with van der Waals surface area (Å²) in [7, 11) is 4.29. The molecule has 0 amide bonds. The number of hydrogen-bond acceptors (Lipinski definition) is 3. The van der Waals surface area contributed by atoms with Gasteiger partial charge in [0, 0.05) is 25.3 Å². The zero-order chi connectivity index (χ0) is 14.8. The van der Waals surface area contributed by atoms with Crippen molar-refractivity contribution in [1.29, 1.82) is 0 Å². The summed E-state index contributed by atoms with van der Waals surface area (Å²) in [6.07, 6.45) is 3.89. The van der Waals surface area contributed by atoms with Crippen LogP contribution in [0, 0.1) is 5.92 Å². The van der Waals surface area contributed by atoms with Gasteiger partial charge in [0.25, 0.3) is 0 Å². The minimum atomic E-state index is 0.590. The number of nitrogens with zero attached hydrogens (tertiary/aromatic N) is 2. The van der Waals surface area contributed by atoms with Crippen LogP contribution in [0.2, 0.25) is 0 Å². The molecule has 0 bridgehead atoms. The standard InChI is InChI=1S/C18H29N3/c1-4-21-10-5-6-16(13-19-2)18(21)15-7-8-17-14(12-15)9-11-20(17)3/h7-8,12,16,18-19H,4-6,9-11,13H2,1-3H3. The quantitative estimate of drug-likeness (QED) is 0.918. The number of benzene rings is 1. The smallest absolute Gasteiger partial charge is 0.0397 e. The highest BCUT2D eigenvalue weighted by Crippen LogP contribution is 2.38. The first-order valence-corrected chi connectivity index (χ1v) is 8.47. The van der Waals surface area contributed by atoms with Gasteiger partial charge in [0.05, 0.1) is 0 Å².